The average Bonchev–Trinajstić information content (AvgIpc) is 3.03. The second-order valence-electron chi connectivity index (χ2n) is 7.07. The molecule has 0 unspecified atom stereocenters. The van der Waals surface area contributed by atoms with Gasteiger partial charge in [0.05, 0.1) is 18.1 Å². The SMILES string of the molecule is CC[C@H](C)Oc1ccc(/C=C2\SC(=O)N(CC(=O)Nc3ccc(Br)cc3)C2=O)cc1OC. The Morgan fingerprint density at radius 1 is 1.19 bits per heavy atom. The Bertz CT molecular complexity index is 1050. The minimum Gasteiger partial charge on any atom is -0.493 e. The van der Waals surface area contributed by atoms with Crippen LogP contribution in [-0.4, -0.2) is 41.7 Å². The van der Waals surface area contributed by atoms with Gasteiger partial charge in [-0.25, -0.2) is 0 Å². The second kappa shape index (κ2) is 10.7. The van der Waals surface area contributed by atoms with Crippen LogP contribution >= 0.6 is 27.7 Å². The van der Waals surface area contributed by atoms with Gasteiger partial charge in [-0.1, -0.05) is 28.9 Å². The molecule has 9 heteroatoms. The Morgan fingerprint density at radius 3 is 2.56 bits per heavy atom. The van der Waals surface area contributed by atoms with Crippen molar-refractivity contribution in [2.75, 3.05) is 19.0 Å². The summed E-state index contributed by atoms with van der Waals surface area (Å²) in [5.41, 5.74) is 1.26. The largest absolute Gasteiger partial charge is 0.493 e. The van der Waals surface area contributed by atoms with E-state index in [4.69, 9.17) is 9.47 Å². The van der Waals surface area contributed by atoms with Crippen LogP contribution < -0.4 is 14.8 Å². The Hall–Kier alpha value is -2.78. The van der Waals surface area contributed by atoms with E-state index >= 15 is 0 Å². The summed E-state index contributed by atoms with van der Waals surface area (Å²) in [4.78, 5) is 38.6. The number of rotatable bonds is 8. The van der Waals surface area contributed by atoms with Gasteiger partial charge in [0.25, 0.3) is 11.1 Å². The number of hydrogen-bond donors (Lipinski definition) is 1. The van der Waals surface area contributed by atoms with Gasteiger partial charge in [-0.15, -0.1) is 0 Å². The summed E-state index contributed by atoms with van der Waals surface area (Å²) in [6, 6.07) is 12.3. The molecule has 0 spiro atoms. The van der Waals surface area contributed by atoms with Crippen LogP contribution in [0.4, 0.5) is 10.5 Å². The third-order valence-electron chi connectivity index (χ3n) is 4.69. The molecule has 1 aliphatic heterocycles. The van der Waals surface area contributed by atoms with E-state index in [0.29, 0.717) is 22.7 Å². The van der Waals surface area contributed by atoms with E-state index in [1.165, 1.54) is 0 Å². The van der Waals surface area contributed by atoms with Crippen molar-refractivity contribution in [3.05, 3.63) is 57.4 Å². The van der Waals surface area contributed by atoms with Crippen LogP contribution in [0, 0.1) is 0 Å². The smallest absolute Gasteiger partial charge is 0.294 e. The maximum Gasteiger partial charge on any atom is 0.294 e. The van der Waals surface area contributed by atoms with Crippen LogP contribution in [0.15, 0.2) is 51.8 Å². The molecule has 0 bridgehead atoms. The molecule has 1 atom stereocenters. The van der Waals surface area contributed by atoms with Crippen molar-refractivity contribution < 1.29 is 23.9 Å². The molecule has 1 fully saturated rings. The van der Waals surface area contributed by atoms with E-state index in [-0.39, 0.29) is 17.6 Å². The Labute approximate surface area is 199 Å². The molecule has 1 heterocycles. The lowest BCUT2D eigenvalue weighted by molar-refractivity contribution is -0.127. The molecule has 0 aromatic heterocycles. The number of benzene rings is 2. The first-order valence-corrected chi connectivity index (χ1v) is 11.6. The van der Waals surface area contributed by atoms with E-state index in [1.807, 2.05) is 13.8 Å². The van der Waals surface area contributed by atoms with E-state index in [9.17, 15) is 14.4 Å². The number of amides is 3. The fourth-order valence-electron chi connectivity index (χ4n) is 2.84. The summed E-state index contributed by atoms with van der Waals surface area (Å²) < 4.78 is 12.1. The highest BCUT2D eigenvalue weighted by atomic mass is 79.9. The van der Waals surface area contributed by atoms with Crippen LogP contribution in [0.1, 0.15) is 25.8 Å². The predicted octanol–water partition coefficient (Wildman–Crippen LogP) is 5.31. The number of carbonyl (C=O) groups excluding carboxylic acids is 3. The van der Waals surface area contributed by atoms with Gasteiger partial charge in [0.2, 0.25) is 5.91 Å². The van der Waals surface area contributed by atoms with Crippen LogP contribution in [0.5, 0.6) is 11.5 Å². The molecule has 0 aliphatic carbocycles. The number of anilines is 1. The molecule has 2 aromatic carbocycles. The summed E-state index contributed by atoms with van der Waals surface area (Å²) in [7, 11) is 1.54. The molecule has 7 nitrogen and oxygen atoms in total. The number of halogens is 1. The van der Waals surface area contributed by atoms with Crippen molar-refractivity contribution in [2.45, 2.75) is 26.4 Å². The third kappa shape index (κ3) is 5.92. The highest BCUT2D eigenvalue weighted by Gasteiger charge is 2.36. The van der Waals surface area contributed by atoms with E-state index in [0.717, 1.165) is 27.6 Å². The minimum absolute atomic E-state index is 0.0369. The molecule has 1 aliphatic rings. The van der Waals surface area contributed by atoms with E-state index in [1.54, 1.807) is 55.7 Å². The molecule has 32 heavy (non-hydrogen) atoms. The topological polar surface area (TPSA) is 84.9 Å². The highest BCUT2D eigenvalue weighted by Crippen LogP contribution is 2.35. The van der Waals surface area contributed by atoms with Crippen molar-refractivity contribution in [3.63, 3.8) is 0 Å². The normalized spacial score (nSPS) is 15.8. The fraction of sp³-hybridized carbons (Fsp3) is 0.261. The van der Waals surface area contributed by atoms with Crippen molar-refractivity contribution in [1.82, 2.24) is 4.90 Å². The molecular formula is C23H23BrN2O5S. The van der Waals surface area contributed by atoms with Gasteiger partial charge < -0.3 is 14.8 Å². The molecule has 168 valence electrons. The molecule has 0 saturated carbocycles. The van der Waals surface area contributed by atoms with Crippen LogP contribution in [0.3, 0.4) is 0 Å². The summed E-state index contributed by atoms with van der Waals surface area (Å²) >= 11 is 4.12. The summed E-state index contributed by atoms with van der Waals surface area (Å²) in [6.07, 6.45) is 2.50. The van der Waals surface area contributed by atoms with Crippen LogP contribution in [0.25, 0.3) is 6.08 Å². The number of nitrogens with one attached hydrogen (secondary N) is 1. The first kappa shape index (κ1) is 23.9. The van der Waals surface area contributed by atoms with Gasteiger partial charge in [-0.05, 0) is 73.1 Å². The number of nitrogens with zero attached hydrogens (tertiary/aromatic N) is 1. The lowest BCUT2D eigenvalue weighted by atomic mass is 10.1. The van der Waals surface area contributed by atoms with Crippen molar-refractivity contribution in [3.8, 4) is 11.5 Å². The Kier molecular flexibility index (Phi) is 7.98. The number of carbonyl (C=O) groups is 3. The molecule has 3 rings (SSSR count). The molecule has 1 N–H and O–H groups in total. The quantitative estimate of drug-likeness (QED) is 0.476. The zero-order valence-corrected chi connectivity index (χ0v) is 20.3. The van der Waals surface area contributed by atoms with Crippen LogP contribution in [0.2, 0.25) is 0 Å². The highest BCUT2D eigenvalue weighted by molar-refractivity contribution is 9.10. The number of imide groups is 1. The average molecular weight is 519 g/mol. The molecule has 0 radical (unpaired) electrons. The Morgan fingerprint density at radius 2 is 1.91 bits per heavy atom. The lowest BCUT2D eigenvalue weighted by Gasteiger charge is -2.15. The second-order valence-corrected chi connectivity index (χ2v) is 8.98. The molecular weight excluding hydrogens is 496 g/mol. The van der Waals surface area contributed by atoms with Crippen LogP contribution in [-0.2, 0) is 9.59 Å². The summed E-state index contributed by atoms with van der Waals surface area (Å²) in [5.74, 6) is 0.179. The maximum absolute atomic E-state index is 12.7. The zero-order valence-electron chi connectivity index (χ0n) is 17.9. The lowest BCUT2D eigenvalue weighted by Crippen LogP contribution is -2.36. The summed E-state index contributed by atoms with van der Waals surface area (Å²) in [6.45, 7) is 3.64. The van der Waals surface area contributed by atoms with Gasteiger partial charge >= 0.3 is 0 Å². The fourth-order valence-corrected chi connectivity index (χ4v) is 3.94. The van der Waals surface area contributed by atoms with Gasteiger partial charge in [0.1, 0.15) is 6.54 Å². The number of ether oxygens (including phenoxy) is 2. The summed E-state index contributed by atoms with van der Waals surface area (Å²) in [5, 5.41) is 2.19. The predicted molar refractivity (Wildman–Crippen MR) is 129 cm³/mol. The van der Waals surface area contributed by atoms with Gasteiger partial charge in [-0.2, -0.15) is 0 Å². The van der Waals surface area contributed by atoms with Gasteiger partial charge in [0.15, 0.2) is 11.5 Å². The number of methoxy groups -OCH3 is 1. The minimum atomic E-state index is -0.509. The van der Waals surface area contributed by atoms with Gasteiger partial charge in [0, 0.05) is 10.2 Å². The number of hydrogen-bond acceptors (Lipinski definition) is 6. The van der Waals surface area contributed by atoms with E-state index in [2.05, 4.69) is 21.2 Å². The number of thioether (sulfide) groups is 1. The van der Waals surface area contributed by atoms with Crippen molar-refractivity contribution in [2.24, 2.45) is 0 Å². The molecule has 2 aromatic rings. The first-order valence-electron chi connectivity index (χ1n) is 9.96. The maximum atomic E-state index is 12.7. The van der Waals surface area contributed by atoms with E-state index < -0.39 is 17.1 Å². The zero-order chi connectivity index (χ0) is 23.3. The first-order chi connectivity index (χ1) is 15.3. The van der Waals surface area contributed by atoms with Crippen molar-refractivity contribution in [1.29, 1.82) is 0 Å². The molecule has 1 saturated heterocycles. The standard InChI is InChI=1S/C23H23BrN2O5S/c1-4-14(2)31-18-10-5-15(11-19(18)30-3)12-20-22(28)26(23(29)32-20)13-21(27)25-17-8-6-16(24)7-9-17/h5-12,14H,4,13H2,1-3H3,(H,25,27)/b20-12-/t14-/m0/s1. The monoisotopic (exact) mass is 518 g/mol. The Balaban J connectivity index is 1.70. The van der Waals surface area contributed by atoms with Crippen molar-refractivity contribution >= 4 is 56.5 Å². The van der Waals surface area contributed by atoms with Gasteiger partial charge in [-0.3, -0.25) is 19.3 Å². The third-order valence-corrected chi connectivity index (χ3v) is 6.13. The molecule has 3 amide bonds.